The molecule has 0 nitrogen and oxygen atoms in total. The molecule has 0 heteroatoms. The van der Waals surface area contributed by atoms with Crippen molar-refractivity contribution in [1.29, 1.82) is 0 Å². The average molecular weight is 258 g/mol. The van der Waals surface area contributed by atoms with Crippen LogP contribution in [-0.4, -0.2) is 0 Å². The summed E-state index contributed by atoms with van der Waals surface area (Å²) in [6.07, 6.45) is 17.8. The highest BCUT2D eigenvalue weighted by Gasteiger charge is 2.53. The Morgan fingerprint density at radius 2 is 1.42 bits per heavy atom. The van der Waals surface area contributed by atoms with Crippen molar-refractivity contribution >= 4 is 0 Å². The average Bonchev–Trinajstić information content (AvgIpc) is 3.13. The Kier molecular flexibility index (Phi) is 2.60. The van der Waals surface area contributed by atoms with Crippen molar-refractivity contribution in [2.45, 2.75) is 70.6 Å². The van der Waals surface area contributed by atoms with E-state index in [1.165, 1.54) is 29.6 Å². The molecule has 106 valence electrons. The molecule has 5 fully saturated rings. The predicted octanol–water partition coefficient (Wildman–Crippen LogP) is 5.28. The van der Waals surface area contributed by atoms with Gasteiger partial charge in [-0.2, -0.15) is 0 Å². The van der Waals surface area contributed by atoms with Gasteiger partial charge in [0, 0.05) is 0 Å². The third-order valence-electron chi connectivity index (χ3n) is 8.19. The standard InChI is InChI=1S/C19H30/c1-2-13-7-12(1)8-14(9-13)10-16-5-6-18-15-3-4-17(11-15)19(16)18/h12-19H,1-11H2. The molecule has 19 heavy (non-hydrogen) atoms. The first-order chi connectivity index (χ1) is 9.37. The van der Waals surface area contributed by atoms with Gasteiger partial charge in [-0.25, -0.2) is 0 Å². The summed E-state index contributed by atoms with van der Waals surface area (Å²) in [5, 5.41) is 0. The molecule has 5 saturated carbocycles. The summed E-state index contributed by atoms with van der Waals surface area (Å²) < 4.78 is 0. The molecule has 0 heterocycles. The highest BCUT2D eigenvalue weighted by Crippen LogP contribution is 2.62. The molecular weight excluding hydrogens is 228 g/mol. The summed E-state index contributed by atoms with van der Waals surface area (Å²) in [4.78, 5) is 0. The topological polar surface area (TPSA) is 0 Å². The Morgan fingerprint density at radius 3 is 2.26 bits per heavy atom. The van der Waals surface area contributed by atoms with Crippen LogP contribution in [0.3, 0.4) is 0 Å². The molecule has 7 unspecified atom stereocenters. The lowest BCUT2D eigenvalue weighted by Crippen LogP contribution is -2.25. The van der Waals surface area contributed by atoms with E-state index in [9.17, 15) is 0 Å². The zero-order valence-corrected chi connectivity index (χ0v) is 12.4. The summed E-state index contributed by atoms with van der Waals surface area (Å²) in [7, 11) is 0. The minimum Gasteiger partial charge on any atom is -0.0502 e. The molecule has 5 aliphatic carbocycles. The molecule has 0 amide bonds. The van der Waals surface area contributed by atoms with Crippen LogP contribution in [0.15, 0.2) is 0 Å². The van der Waals surface area contributed by atoms with Crippen LogP contribution in [0, 0.1) is 47.3 Å². The zero-order valence-electron chi connectivity index (χ0n) is 12.4. The Labute approximate surface area is 118 Å². The summed E-state index contributed by atoms with van der Waals surface area (Å²) in [5.74, 6) is 9.40. The van der Waals surface area contributed by atoms with Crippen molar-refractivity contribution in [1.82, 2.24) is 0 Å². The van der Waals surface area contributed by atoms with E-state index >= 15 is 0 Å². The smallest absolute Gasteiger partial charge is 0.0326 e. The summed E-state index contributed by atoms with van der Waals surface area (Å²) in [6, 6.07) is 0. The van der Waals surface area contributed by atoms with Gasteiger partial charge in [0.05, 0.1) is 0 Å². The van der Waals surface area contributed by atoms with Crippen molar-refractivity contribution in [3.8, 4) is 0 Å². The first kappa shape index (κ1) is 11.6. The van der Waals surface area contributed by atoms with Crippen LogP contribution in [0.1, 0.15) is 70.6 Å². The monoisotopic (exact) mass is 258 g/mol. The van der Waals surface area contributed by atoms with Gasteiger partial charge in [0.15, 0.2) is 0 Å². The second-order valence-electron chi connectivity index (χ2n) is 9.03. The predicted molar refractivity (Wildman–Crippen MR) is 78.7 cm³/mol. The second kappa shape index (κ2) is 4.25. The fourth-order valence-electron chi connectivity index (χ4n) is 7.76. The van der Waals surface area contributed by atoms with Gasteiger partial charge in [-0.15, -0.1) is 0 Å². The van der Waals surface area contributed by atoms with Gasteiger partial charge >= 0.3 is 0 Å². The van der Waals surface area contributed by atoms with Gasteiger partial charge in [-0.05, 0) is 105 Å². The highest BCUT2D eigenvalue weighted by molar-refractivity contribution is 5.03. The van der Waals surface area contributed by atoms with Gasteiger partial charge in [-0.3, -0.25) is 0 Å². The molecule has 0 aromatic rings. The molecule has 5 rings (SSSR count). The normalized spacial score (nSPS) is 58.7. The first-order valence-electron chi connectivity index (χ1n) is 9.37. The minimum absolute atomic E-state index is 1.15. The lowest BCUT2D eigenvalue weighted by atomic mass is 9.71. The van der Waals surface area contributed by atoms with E-state index in [1.807, 2.05) is 0 Å². The molecular formula is C19H30. The highest BCUT2D eigenvalue weighted by atomic mass is 14.6. The largest absolute Gasteiger partial charge is 0.0502 e. The molecule has 0 aromatic heterocycles. The minimum atomic E-state index is 1.15. The van der Waals surface area contributed by atoms with E-state index in [0.717, 1.165) is 17.8 Å². The van der Waals surface area contributed by atoms with Crippen LogP contribution < -0.4 is 0 Å². The molecule has 0 N–H and O–H groups in total. The molecule has 0 spiro atoms. The van der Waals surface area contributed by atoms with Crippen LogP contribution in [0.2, 0.25) is 0 Å². The maximum atomic E-state index is 1.65. The van der Waals surface area contributed by atoms with Gasteiger partial charge in [0.1, 0.15) is 0 Å². The molecule has 7 atom stereocenters. The van der Waals surface area contributed by atoms with E-state index in [2.05, 4.69) is 0 Å². The summed E-state index contributed by atoms with van der Waals surface area (Å²) in [6.45, 7) is 0. The van der Waals surface area contributed by atoms with Gasteiger partial charge in [0.25, 0.3) is 0 Å². The SMILES string of the molecule is C1CC2CC1CC(CC1CCC3C4CCC(C4)C13)C2. The Hall–Kier alpha value is 0. The zero-order chi connectivity index (χ0) is 12.4. The number of hydrogen-bond acceptors (Lipinski definition) is 0. The van der Waals surface area contributed by atoms with Gasteiger partial charge < -0.3 is 0 Å². The van der Waals surface area contributed by atoms with Crippen LogP contribution in [-0.2, 0) is 0 Å². The lowest BCUT2D eigenvalue weighted by molar-refractivity contribution is 0.158. The fourth-order valence-corrected chi connectivity index (χ4v) is 7.76. The molecule has 0 aromatic carbocycles. The Balaban J connectivity index is 1.27. The quantitative estimate of drug-likeness (QED) is 0.632. The van der Waals surface area contributed by atoms with Crippen LogP contribution in [0.25, 0.3) is 0 Å². The van der Waals surface area contributed by atoms with Crippen molar-refractivity contribution in [2.24, 2.45) is 47.3 Å². The number of fused-ring (bicyclic) bond motifs is 7. The Bertz CT molecular complexity index is 347. The van der Waals surface area contributed by atoms with Crippen molar-refractivity contribution in [2.75, 3.05) is 0 Å². The van der Waals surface area contributed by atoms with Crippen molar-refractivity contribution < 1.29 is 0 Å². The van der Waals surface area contributed by atoms with Crippen LogP contribution in [0.4, 0.5) is 0 Å². The summed E-state index contributed by atoms with van der Waals surface area (Å²) >= 11 is 0. The Morgan fingerprint density at radius 1 is 0.632 bits per heavy atom. The molecule has 0 saturated heterocycles. The lowest BCUT2D eigenvalue weighted by Gasteiger charge is -2.34. The first-order valence-corrected chi connectivity index (χ1v) is 9.37. The van der Waals surface area contributed by atoms with Crippen molar-refractivity contribution in [3.05, 3.63) is 0 Å². The van der Waals surface area contributed by atoms with Gasteiger partial charge in [-0.1, -0.05) is 12.8 Å². The van der Waals surface area contributed by atoms with Crippen LogP contribution >= 0.6 is 0 Å². The van der Waals surface area contributed by atoms with E-state index in [1.54, 1.807) is 70.6 Å². The molecule has 0 aliphatic heterocycles. The third-order valence-corrected chi connectivity index (χ3v) is 8.19. The van der Waals surface area contributed by atoms with E-state index in [4.69, 9.17) is 0 Å². The van der Waals surface area contributed by atoms with Crippen LogP contribution in [0.5, 0.6) is 0 Å². The van der Waals surface area contributed by atoms with E-state index in [-0.39, 0.29) is 0 Å². The molecule has 0 radical (unpaired) electrons. The van der Waals surface area contributed by atoms with E-state index < -0.39 is 0 Å². The third kappa shape index (κ3) is 1.77. The maximum absolute atomic E-state index is 1.65. The number of rotatable bonds is 2. The van der Waals surface area contributed by atoms with E-state index in [0.29, 0.717) is 0 Å². The molecule has 4 bridgehead atoms. The van der Waals surface area contributed by atoms with Gasteiger partial charge in [0.2, 0.25) is 0 Å². The van der Waals surface area contributed by atoms with Crippen molar-refractivity contribution in [3.63, 3.8) is 0 Å². The maximum Gasteiger partial charge on any atom is -0.0326 e. The summed E-state index contributed by atoms with van der Waals surface area (Å²) in [5.41, 5.74) is 0. The fraction of sp³-hybridized carbons (Fsp3) is 1.00. The number of hydrogen-bond donors (Lipinski definition) is 0. The molecule has 5 aliphatic rings. The second-order valence-corrected chi connectivity index (χ2v) is 9.03.